The van der Waals surface area contributed by atoms with Crippen molar-refractivity contribution in [3.05, 3.63) is 23.0 Å². The summed E-state index contributed by atoms with van der Waals surface area (Å²) in [6.07, 6.45) is 5.56. The van der Waals surface area contributed by atoms with Gasteiger partial charge in [-0.3, -0.25) is 4.79 Å². The molecule has 144 valence electrons. The highest BCUT2D eigenvalue weighted by atomic mass is 32.1. The fourth-order valence-electron chi connectivity index (χ4n) is 3.96. The van der Waals surface area contributed by atoms with Crippen LogP contribution in [0.3, 0.4) is 0 Å². The number of aryl methyl sites for hydroxylation is 2. The average molecular weight is 388 g/mol. The van der Waals surface area contributed by atoms with Crippen molar-refractivity contribution in [1.82, 2.24) is 20.3 Å². The number of aliphatic hydroxyl groups is 1. The first-order chi connectivity index (χ1) is 12.9. The van der Waals surface area contributed by atoms with Crippen LogP contribution in [0.4, 0.5) is 5.95 Å². The van der Waals surface area contributed by atoms with E-state index in [9.17, 15) is 9.90 Å². The Morgan fingerprint density at radius 3 is 2.81 bits per heavy atom. The topological polar surface area (TPSA) is 91.2 Å². The highest BCUT2D eigenvalue weighted by molar-refractivity contribution is 7.15. The largest absolute Gasteiger partial charge is 0.380 e. The minimum absolute atomic E-state index is 0.0155. The number of hydrogen-bond donors (Lipinski definition) is 2. The Labute approximate surface area is 162 Å². The van der Waals surface area contributed by atoms with Crippen molar-refractivity contribution in [3.63, 3.8) is 0 Å². The molecule has 0 radical (unpaired) electrons. The molecule has 2 fully saturated rings. The normalized spacial score (nSPS) is 21.6. The lowest BCUT2D eigenvalue weighted by molar-refractivity contribution is -0.139. The lowest BCUT2D eigenvalue weighted by Crippen LogP contribution is -2.49. The van der Waals surface area contributed by atoms with E-state index in [1.54, 1.807) is 17.5 Å². The fourth-order valence-corrected chi connectivity index (χ4v) is 4.85. The van der Waals surface area contributed by atoms with Crippen molar-refractivity contribution >= 4 is 23.2 Å². The first-order valence-corrected chi connectivity index (χ1v) is 10.3. The van der Waals surface area contributed by atoms with Gasteiger partial charge in [0, 0.05) is 25.3 Å². The van der Waals surface area contributed by atoms with Crippen molar-refractivity contribution in [3.8, 4) is 10.6 Å². The monoisotopic (exact) mass is 387 g/mol. The van der Waals surface area contributed by atoms with Gasteiger partial charge in [0.15, 0.2) is 0 Å². The summed E-state index contributed by atoms with van der Waals surface area (Å²) in [6, 6.07) is 1.93. The predicted molar refractivity (Wildman–Crippen MR) is 105 cm³/mol. The molecule has 7 nitrogen and oxygen atoms in total. The van der Waals surface area contributed by atoms with Crippen molar-refractivity contribution in [2.24, 2.45) is 0 Å². The van der Waals surface area contributed by atoms with E-state index >= 15 is 0 Å². The Bertz CT molecular complexity index is 846. The van der Waals surface area contributed by atoms with Crippen LogP contribution in [0, 0.1) is 13.8 Å². The summed E-state index contributed by atoms with van der Waals surface area (Å²) in [5, 5.41) is 14.5. The number of rotatable bonds is 4. The second-order valence-corrected chi connectivity index (χ2v) is 8.74. The molecule has 0 aromatic carbocycles. The van der Waals surface area contributed by atoms with Crippen molar-refractivity contribution in [2.45, 2.75) is 57.6 Å². The summed E-state index contributed by atoms with van der Waals surface area (Å²) >= 11 is 1.64. The molecular weight excluding hydrogens is 362 g/mol. The number of nitrogens with zero attached hydrogens (tertiary/aromatic N) is 4. The third-order valence-electron chi connectivity index (χ3n) is 5.44. The van der Waals surface area contributed by atoms with E-state index in [0.717, 1.165) is 47.1 Å². The summed E-state index contributed by atoms with van der Waals surface area (Å²) in [7, 11) is 0. The van der Waals surface area contributed by atoms with Gasteiger partial charge in [0.25, 0.3) is 5.91 Å². The Kier molecular flexibility index (Phi) is 4.86. The summed E-state index contributed by atoms with van der Waals surface area (Å²) in [4.78, 5) is 29.2. The van der Waals surface area contributed by atoms with E-state index in [1.165, 1.54) is 0 Å². The summed E-state index contributed by atoms with van der Waals surface area (Å²) in [6.45, 7) is 5.44. The van der Waals surface area contributed by atoms with Crippen LogP contribution in [0.15, 0.2) is 12.3 Å². The maximum Gasteiger partial charge on any atom is 0.252 e. The molecule has 27 heavy (non-hydrogen) atoms. The second-order valence-electron chi connectivity index (χ2n) is 7.53. The van der Waals surface area contributed by atoms with Crippen LogP contribution in [0.25, 0.3) is 10.6 Å². The highest BCUT2D eigenvalue weighted by Crippen LogP contribution is 2.31. The molecular formula is C19H25N5O2S. The number of amides is 1. The zero-order valence-corrected chi connectivity index (χ0v) is 16.6. The molecule has 3 heterocycles. The van der Waals surface area contributed by atoms with Crippen LogP contribution < -0.4 is 10.2 Å². The average Bonchev–Trinajstić information content (AvgIpc) is 3.36. The Hall–Kier alpha value is -2.06. The standard InChI is InChI=1S/C19H25N5O2S/c1-12-16(27-13(2)21-12)15-5-9-20-18(23-15)24-10-6-14(11-24)22-17(25)19(26)7-3-4-8-19/h5,9,14,26H,3-4,6-8,10-11H2,1-2H3,(H,22,25). The lowest BCUT2D eigenvalue weighted by atomic mass is 10.0. The van der Waals surface area contributed by atoms with Gasteiger partial charge in [0.2, 0.25) is 5.95 Å². The van der Waals surface area contributed by atoms with Gasteiger partial charge in [-0.1, -0.05) is 0 Å². The number of thiazole rings is 1. The van der Waals surface area contributed by atoms with Crippen molar-refractivity contribution < 1.29 is 9.90 Å². The van der Waals surface area contributed by atoms with E-state index in [1.807, 2.05) is 19.9 Å². The number of aromatic nitrogens is 3. The summed E-state index contributed by atoms with van der Waals surface area (Å²) in [5.74, 6) is 0.451. The predicted octanol–water partition coefficient (Wildman–Crippen LogP) is 2.22. The summed E-state index contributed by atoms with van der Waals surface area (Å²) < 4.78 is 0. The first-order valence-electron chi connectivity index (χ1n) is 9.50. The Morgan fingerprint density at radius 2 is 2.11 bits per heavy atom. The number of anilines is 1. The number of hydrogen-bond acceptors (Lipinski definition) is 7. The molecule has 1 saturated carbocycles. The molecule has 2 N–H and O–H groups in total. The molecule has 2 aliphatic rings. The smallest absolute Gasteiger partial charge is 0.252 e. The van der Waals surface area contributed by atoms with Crippen LogP contribution in [-0.4, -0.2) is 50.7 Å². The van der Waals surface area contributed by atoms with Crippen LogP contribution >= 0.6 is 11.3 Å². The van der Waals surface area contributed by atoms with Gasteiger partial charge >= 0.3 is 0 Å². The maximum atomic E-state index is 12.4. The van der Waals surface area contributed by atoms with Gasteiger partial charge in [0.05, 0.1) is 21.3 Å². The van der Waals surface area contributed by atoms with Gasteiger partial charge < -0.3 is 15.3 Å². The number of carbonyl (C=O) groups excluding carboxylic acids is 1. The van der Waals surface area contributed by atoms with E-state index < -0.39 is 5.60 Å². The Balaban J connectivity index is 1.44. The minimum atomic E-state index is -1.18. The van der Waals surface area contributed by atoms with Gasteiger partial charge in [-0.05, 0) is 52.0 Å². The van der Waals surface area contributed by atoms with Crippen LogP contribution in [0.1, 0.15) is 42.8 Å². The molecule has 4 rings (SSSR count). The van der Waals surface area contributed by atoms with E-state index in [-0.39, 0.29) is 11.9 Å². The Morgan fingerprint density at radius 1 is 1.33 bits per heavy atom. The van der Waals surface area contributed by atoms with Crippen LogP contribution in [0.5, 0.6) is 0 Å². The number of nitrogens with one attached hydrogen (secondary N) is 1. The van der Waals surface area contributed by atoms with Gasteiger partial charge in [-0.2, -0.15) is 0 Å². The molecule has 1 saturated heterocycles. The van der Waals surface area contributed by atoms with Crippen molar-refractivity contribution in [1.29, 1.82) is 0 Å². The van der Waals surface area contributed by atoms with Crippen LogP contribution in [0.2, 0.25) is 0 Å². The molecule has 2 aromatic heterocycles. The molecule has 0 bridgehead atoms. The van der Waals surface area contributed by atoms with E-state index in [2.05, 4.69) is 20.2 Å². The lowest BCUT2D eigenvalue weighted by Gasteiger charge is -2.24. The van der Waals surface area contributed by atoms with Gasteiger partial charge in [-0.15, -0.1) is 11.3 Å². The summed E-state index contributed by atoms with van der Waals surface area (Å²) in [5.41, 5.74) is 0.695. The maximum absolute atomic E-state index is 12.4. The van der Waals surface area contributed by atoms with E-state index in [0.29, 0.717) is 25.3 Å². The minimum Gasteiger partial charge on any atom is -0.380 e. The third kappa shape index (κ3) is 3.68. The molecule has 1 aliphatic heterocycles. The van der Waals surface area contributed by atoms with Gasteiger partial charge in [0.1, 0.15) is 5.60 Å². The zero-order valence-electron chi connectivity index (χ0n) is 15.7. The fraction of sp³-hybridized carbons (Fsp3) is 0.579. The third-order valence-corrected chi connectivity index (χ3v) is 6.53. The second kappa shape index (κ2) is 7.16. The molecule has 1 aliphatic carbocycles. The zero-order chi connectivity index (χ0) is 19.0. The molecule has 8 heteroatoms. The SMILES string of the molecule is Cc1nc(C)c(-c2ccnc(N3CCC(NC(=O)C4(O)CCCC4)C3)n2)s1. The molecule has 2 aromatic rings. The number of carbonyl (C=O) groups is 1. The van der Waals surface area contributed by atoms with Crippen molar-refractivity contribution in [2.75, 3.05) is 18.0 Å². The molecule has 1 atom stereocenters. The first kappa shape index (κ1) is 18.3. The molecule has 1 amide bonds. The molecule has 0 spiro atoms. The van der Waals surface area contributed by atoms with E-state index in [4.69, 9.17) is 4.98 Å². The van der Waals surface area contributed by atoms with Gasteiger partial charge in [-0.25, -0.2) is 15.0 Å². The quantitative estimate of drug-likeness (QED) is 0.836. The van der Waals surface area contributed by atoms with Crippen LogP contribution in [-0.2, 0) is 4.79 Å². The highest BCUT2D eigenvalue weighted by Gasteiger charge is 2.40. The molecule has 1 unspecified atom stereocenters.